The lowest BCUT2D eigenvalue weighted by Crippen LogP contribution is -2.22. The molecule has 1 fully saturated rings. The van der Waals surface area contributed by atoms with Gasteiger partial charge in [-0.1, -0.05) is 0 Å². The summed E-state index contributed by atoms with van der Waals surface area (Å²) in [6.45, 7) is 4.21. The minimum absolute atomic E-state index is 0.0758. The number of rotatable bonds is 2. The number of carbonyl (C=O) groups is 1. The molecule has 0 spiro atoms. The number of ether oxygens (including phenoxy) is 2. The van der Waals surface area contributed by atoms with Crippen molar-refractivity contribution in [2.45, 2.75) is 45.3 Å². The van der Waals surface area contributed by atoms with Crippen molar-refractivity contribution in [1.29, 1.82) is 0 Å². The third-order valence-corrected chi connectivity index (χ3v) is 3.71. The molecule has 2 aliphatic rings. The number of aryl methyl sites for hydroxylation is 1. The second-order valence-corrected chi connectivity index (χ2v) is 4.94. The highest BCUT2D eigenvalue weighted by atomic mass is 16.5. The molecule has 2 unspecified atom stereocenters. The molecule has 96 valence electrons. The highest BCUT2D eigenvalue weighted by Crippen LogP contribution is 2.41. The summed E-state index contributed by atoms with van der Waals surface area (Å²) in [5, 5.41) is 0. The first kappa shape index (κ1) is 11.7. The van der Waals surface area contributed by atoms with E-state index < -0.39 is 0 Å². The zero-order valence-electron chi connectivity index (χ0n) is 10.7. The molecule has 2 bridgehead atoms. The predicted octanol–water partition coefficient (Wildman–Crippen LogP) is 2.34. The molecule has 1 saturated heterocycles. The van der Waals surface area contributed by atoms with Crippen LogP contribution in [0, 0.1) is 6.92 Å². The smallest absolute Gasteiger partial charge is 0.356 e. The fourth-order valence-electron chi connectivity index (χ4n) is 2.85. The van der Waals surface area contributed by atoms with Gasteiger partial charge < -0.3 is 9.47 Å². The Morgan fingerprint density at radius 1 is 1.56 bits per heavy atom. The summed E-state index contributed by atoms with van der Waals surface area (Å²) in [5.74, 6) is -0.344. The standard InChI is InChI=1S/C14H17NO3/c1-3-17-14(16)11-6-8(2)10-7-9-4-5-12(18-9)13(10)15-11/h6,9,12H,3-5,7H2,1-2H3. The number of fused-ring (bicyclic) bond motifs is 4. The first-order valence-corrected chi connectivity index (χ1v) is 6.52. The lowest BCUT2D eigenvalue weighted by molar-refractivity contribution is 0.0287. The Hall–Kier alpha value is -1.42. The van der Waals surface area contributed by atoms with Gasteiger partial charge in [0.05, 0.1) is 18.4 Å². The molecule has 0 saturated carbocycles. The Kier molecular flexibility index (Phi) is 2.82. The van der Waals surface area contributed by atoms with Gasteiger partial charge in [0.25, 0.3) is 0 Å². The molecule has 1 aromatic heterocycles. The molecule has 3 heterocycles. The van der Waals surface area contributed by atoms with Crippen LogP contribution in [0.1, 0.15) is 53.2 Å². The Bertz CT molecular complexity index is 498. The largest absolute Gasteiger partial charge is 0.461 e. The normalized spacial score (nSPS) is 24.8. The summed E-state index contributed by atoms with van der Waals surface area (Å²) >= 11 is 0. The van der Waals surface area contributed by atoms with E-state index in [4.69, 9.17) is 9.47 Å². The Morgan fingerprint density at radius 3 is 3.17 bits per heavy atom. The van der Waals surface area contributed by atoms with Crippen LogP contribution in [0.2, 0.25) is 0 Å². The number of nitrogens with zero attached hydrogens (tertiary/aromatic N) is 1. The predicted molar refractivity (Wildman–Crippen MR) is 65.5 cm³/mol. The molecule has 4 heteroatoms. The van der Waals surface area contributed by atoms with Crippen LogP contribution in [0.25, 0.3) is 0 Å². The van der Waals surface area contributed by atoms with Crippen LogP contribution in [-0.2, 0) is 15.9 Å². The summed E-state index contributed by atoms with van der Waals surface area (Å²) in [4.78, 5) is 16.2. The van der Waals surface area contributed by atoms with E-state index in [1.807, 2.05) is 13.0 Å². The number of hydrogen-bond donors (Lipinski definition) is 0. The summed E-state index contributed by atoms with van der Waals surface area (Å²) in [6.07, 6.45) is 3.45. The van der Waals surface area contributed by atoms with Crippen molar-refractivity contribution in [3.8, 4) is 0 Å². The second-order valence-electron chi connectivity index (χ2n) is 4.94. The molecule has 2 atom stereocenters. The van der Waals surface area contributed by atoms with Crippen LogP contribution in [0.4, 0.5) is 0 Å². The van der Waals surface area contributed by atoms with Gasteiger partial charge in [0.15, 0.2) is 0 Å². The van der Waals surface area contributed by atoms with Gasteiger partial charge in [0, 0.05) is 6.42 Å². The number of esters is 1. The quantitative estimate of drug-likeness (QED) is 0.753. The van der Waals surface area contributed by atoms with E-state index in [-0.39, 0.29) is 12.1 Å². The minimum Gasteiger partial charge on any atom is -0.461 e. The highest BCUT2D eigenvalue weighted by Gasteiger charge is 2.36. The monoisotopic (exact) mass is 247 g/mol. The van der Waals surface area contributed by atoms with Gasteiger partial charge in [-0.05, 0) is 43.9 Å². The third kappa shape index (κ3) is 1.81. The lowest BCUT2D eigenvalue weighted by Gasteiger charge is -2.24. The maximum atomic E-state index is 11.8. The molecule has 3 rings (SSSR count). The van der Waals surface area contributed by atoms with Crippen molar-refractivity contribution in [3.63, 3.8) is 0 Å². The van der Waals surface area contributed by atoms with Gasteiger partial charge >= 0.3 is 5.97 Å². The molecular weight excluding hydrogens is 230 g/mol. The number of pyridine rings is 1. The molecule has 4 nitrogen and oxygen atoms in total. The van der Waals surface area contributed by atoms with Crippen molar-refractivity contribution in [2.75, 3.05) is 6.61 Å². The Morgan fingerprint density at radius 2 is 2.39 bits per heavy atom. The number of hydrogen-bond acceptors (Lipinski definition) is 4. The fraction of sp³-hybridized carbons (Fsp3) is 0.571. The SMILES string of the molecule is CCOC(=O)c1cc(C)c2c(n1)C1CCC(C2)O1. The van der Waals surface area contributed by atoms with Crippen LogP contribution in [0.3, 0.4) is 0 Å². The van der Waals surface area contributed by atoms with Crippen molar-refractivity contribution >= 4 is 5.97 Å². The average Bonchev–Trinajstić information content (AvgIpc) is 2.74. The number of carbonyl (C=O) groups excluding carboxylic acids is 1. The van der Waals surface area contributed by atoms with Crippen molar-refractivity contribution in [1.82, 2.24) is 4.98 Å². The summed E-state index contributed by atoms with van der Waals surface area (Å²) in [6, 6.07) is 1.83. The average molecular weight is 247 g/mol. The molecule has 0 amide bonds. The first-order chi connectivity index (χ1) is 8.69. The van der Waals surface area contributed by atoms with E-state index in [9.17, 15) is 4.79 Å². The summed E-state index contributed by atoms with van der Waals surface area (Å²) in [5.41, 5.74) is 3.75. The minimum atomic E-state index is -0.344. The van der Waals surface area contributed by atoms with Crippen molar-refractivity contribution in [2.24, 2.45) is 0 Å². The van der Waals surface area contributed by atoms with E-state index >= 15 is 0 Å². The van der Waals surface area contributed by atoms with Crippen LogP contribution < -0.4 is 0 Å². The van der Waals surface area contributed by atoms with Crippen molar-refractivity contribution in [3.05, 3.63) is 28.6 Å². The molecule has 0 N–H and O–H groups in total. The van der Waals surface area contributed by atoms with Gasteiger partial charge in [-0.25, -0.2) is 9.78 Å². The topological polar surface area (TPSA) is 48.4 Å². The van der Waals surface area contributed by atoms with E-state index in [2.05, 4.69) is 4.98 Å². The van der Waals surface area contributed by atoms with Gasteiger partial charge in [-0.15, -0.1) is 0 Å². The lowest BCUT2D eigenvalue weighted by atomic mass is 9.98. The second kappa shape index (κ2) is 4.35. The van der Waals surface area contributed by atoms with Crippen LogP contribution in [-0.4, -0.2) is 23.7 Å². The van der Waals surface area contributed by atoms with Gasteiger partial charge in [-0.3, -0.25) is 0 Å². The first-order valence-electron chi connectivity index (χ1n) is 6.52. The van der Waals surface area contributed by atoms with Gasteiger partial charge in [0.1, 0.15) is 11.8 Å². The van der Waals surface area contributed by atoms with Crippen molar-refractivity contribution < 1.29 is 14.3 Å². The van der Waals surface area contributed by atoms with Crippen LogP contribution in [0.5, 0.6) is 0 Å². The number of aromatic nitrogens is 1. The summed E-state index contributed by atoms with van der Waals surface area (Å²) in [7, 11) is 0. The zero-order chi connectivity index (χ0) is 12.7. The van der Waals surface area contributed by atoms with Gasteiger partial charge in [-0.2, -0.15) is 0 Å². The van der Waals surface area contributed by atoms with E-state index in [0.29, 0.717) is 18.4 Å². The molecule has 0 aromatic carbocycles. The Labute approximate surface area is 106 Å². The van der Waals surface area contributed by atoms with E-state index in [1.165, 1.54) is 5.56 Å². The molecule has 1 aromatic rings. The fourth-order valence-corrected chi connectivity index (χ4v) is 2.85. The third-order valence-electron chi connectivity index (χ3n) is 3.71. The maximum absolute atomic E-state index is 11.8. The van der Waals surface area contributed by atoms with E-state index in [1.54, 1.807) is 6.92 Å². The maximum Gasteiger partial charge on any atom is 0.356 e. The van der Waals surface area contributed by atoms with Crippen LogP contribution in [0.15, 0.2) is 6.07 Å². The highest BCUT2D eigenvalue weighted by molar-refractivity contribution is 5.87. The molecule has 0 radical (unpaired) electrons. The molecule has 18 heavy (non-hydrogen) atoms. The molecule has 2 aliphatic heterocycles. The molecule has 0 aliphatic carbocycles. The molecular formula is C14H17NO3. The van der Waals surface area contributed by atoms with Crippen LogP contribution >= 0.6 is 0 Å². The Balaban J connectivity index is 2.01. The summed E-state index contributed by atoms with van der Waals surface area (Å²) < 4.78 is 10.9. The van der Waals surface area contributed by atoms with E-state index in [0.717, 1.165) is 30.5 Å². The van der Waals surface area contributed by atoms with Gasteiger partial charge in [0.2, 0.25) is 0 Å². The zero-order valence-corrected chi connectivity index (χ0v) is 10.7.